The van der Waals surface area contributed by atoms with Crippen LogP contribution in [0.3, 0.4) is 0 Å². The number of anilines is 1. The van der Waals surface area contributed by atoms with Crippen LogP contribution in [0.4, 0.5) is 5.95 Å². The van der Waals surface area contributed by atoms with Crippen molar-refractivity contribution in [1.29, 1.82) is 0 Å². The van der Waals surface area contributed by atoms with Gasteiger partial charge in [-0.2, -0.15) is 0 Å². The minimum atomic E-state index is -0.380. The fourth-order valence-corrected chi connectivity index (χ4v) is 3.78. The maximum Gasteiger partial charge on any atom is 0.225 e. The minimum Gasteiger partial charge on any atom is -0.486 e. The topological polar surface area (TPSA) is 55.3 Å². The van der Waals surface area contributed by atoms with Crippen molar-refractivity contribution in [2.24, 2.45) is 0 Å². The van der Waals surface area contributed by atoms with E-state index in [9.17, 15) is 4.79 Å². The van der Waals surface area contributed by atoms with Crippen molar-refractivity contribution >= 4 is 11.7 Å². The smallest absolute Gasteiger partial charge is 0.225 e. The van der Waals surface area contributed by atoms with Gasteiger partial charge in [-0.15, -0.1) is 0 Å². The molecule has 0 radical (unpaired) electrons. The molecule has 5 nitrogen and oxygen atoms in total. The Bertz CT molecular complexity index is 781. The van der Waals surface area contributed by atoms with Crippen LogP contribution in [0.5, 0.6) is 5.75 Å². The van der Waals surface area contributed by atoms with Crippen LogP contribution in [-0.4, -0.2) is 34.4 Å². The number of benzene rings is 1. The van der Waals surface area contributed by atoms with Gasteiger partial charge in [0, 0.05) is 38.3 Å². The van der Waals surface area contributed by atoms with Crippen LogP contribution in [0.15, 0.2) is 30.6 Å². The highest BCUT2D eigenvalue weighted by molar-refractivity contribution is 6.01. The summed E-state index contributed by atoms with van der Waals surface area (Å²) in [5, 5.41) is 0. The number of carbonyl (C=O) groups is 1. The Kier molecular flexibility index (Phi) is 3.52. The molecular formula is C19H21N3O2. The molecular weight excluding hydrogens is 302 g/mol. The Morgan fingerprint density at radius 1 is 1.12 bits per heavy atom. The van der Waals surface area contributed by atoms with Crippen molar-refractivity contribution in [2.75, 3.05) is 18.0 Å². The number of aryl methyl sites for hydroxylation is 2. The summed E-state index contributed by atoms with van der Waals surface area (Å²) in [6.07, 6.45) is 5.60. The lowest BCUT2D eigenvalue weighted by Gasteiger charge is -2.44. The third-order valence-corrected chi connectivity index (χ3v) is 5.03. The molecule has 0 saturated carbocycles. The predicted molar refractivity (Wildman–Crippen MR) is 91.7 cm³/mol. The molecule has 2 aliphatic rings. The van der Waals surface area contributed by atoms with Crippen LogP contribution >= 0.6 is 0 Å². The second kappa shape index (κ2) is 5.58. The second-order valence-corrected chi connectivity index (χ2v) is 6.88. The fraction of sp³-hybridized carbons (Fsp3) is 0.421. The highest BCUT2D eigenvalue weighted by Crippen LogP contribution is 2.41. The molecule has 4 rings (SSSR count). The van der Waals surface area contributed by atoms with E-state index in [2.05, 4.69) is 20.9 Å². The first kappa shape index (κ1) is 15.1. The summed E-state index contributed by atoms with van der Waals surface area (Å²) in [6.45, 7) is 5.64. The first-order chi connectivity index (χ1) is 11.6. The second-order valence-electron chi connectivity index (χ2n) is 6.88. The van der Waals surface area contributed by atoms with Gasteiger partial charge < -0.3 is 9.64 Å². The van der Waals surface area contributed by atoms with Crippen molar-refractivity contribution < 1.29 is 9.53 Å². The summed E-state index contributed by atoms with van der Waals surface area (Å²) >= 11 is 0. The number of ketones is 1. The molecule has 0 aliphatic carbocycles. The van der Waals surface area contributed by atoms with E-state index in [4.69, 9.17) is 4.74 Å². The van der Waals surface area contributed by atoms with Crippen LogP contribution < -0.4 is 9.64 Å². The van der Waals surface area contributed by atoms with Gasteiger partial charge in [0.25, 0.3) is 0 Å². The minimum absolute atomic E-state index is 0.201. The van der Waals surface area contributed by atoms with Crippen molar-refractivity contribution in [3.8, 4) is 5.75 Å². The zero-order valence-electron chi connectivity index (χ0n) is 14.1. The van der Waals surface area contributed by atoms with E-state index in [0.29, 0.717) is 6.42 Å². The van der Waals surface area contributed by atoms with E-state index in [0.717, 1.165) is 54.3 Å². The average molecular weight is 323 g/mol. The van der Waals surface area contributed by atoms with Gasteiger partial charge in [0.05, 0.1) is 12.0 Å². The van der Waals surface area contributed by atoms with Gasteiger partial charge in [0.15, 0.2) is 5.78 Å². The predicted octanol–water partition coefficient (Wildman–Crippen LogP) is 3.10. The summed E-state index contributed by atoms with van der Waals surface area (Å²) in [5.74, 6) is 1.73. The van der Waals surface area contributed by atoms with Gasteiger partial charge in [-0.1, -0.05) is 6.07 Å². The monoisotopic (exact) mass is 323 g/mol. The quantitative estimate of drug-likeness (QED) is 0.807. The van der Waals surface area contributed by atoms with E-state index in [1.807, 2.05) is 26.0 Å². The molecule has 0 unspecified atom stereocenters. The van der Waals surface area contributed by atoms with Crippen molar-refractivity contribution in [1.82, 2.24) is 9.97 Å². The number of rotatable bonds is 1. The van der Waals surface area contributed by atoms with Gasteiger partial charge in [0.2, 0.25) is 5.95 Å². The van der Waals surface area contributed by atoms with Crippen LogP contribution in [0.1, 0.15) is 40.7 Å². The molecule has 3 heterocycles. The summed E-state index contributed by atoms with van der Waals surface area (Å²) in [6, 6.07) is 5.85. The van der Waals surface area contributed by atoms with Crippen molar-refractivity contribution in [3.05, 3.63) is 47.3 Å². The zero-order valence-corrected chi connectivity index (χ0v) is 14.1. The SMILES string of the molecule is Cc1cc(C)c2c(c1)C(=O)CC1(CCN(c3ncccn3)CC1)O2. The maximum atomic E-state index is 12.7. The van der Waals surface area contributed by atoms with E-state index in [-0.39, 0.29) is 11.4 Å². The maximum absolute atomic E-state index is 12.7. The highest BCUT2D eigenvalue weighted by Gasteiger charge is 2.43. The normalized spacial score (nSPS) is 19.1. The number of ether oxygens (including phenoxy) is 1. The Balaban J connectivity index is 1.57. The third kappa shape index (κ3) is 2.54. The lowest BCUT2D eigenvalue weighted by molar-refractivity contribution is 0.0224. The van der Waals surface area contributed by atoms with Gasteiger partial charge in [0.1, 0.15) is 11.4 Å². The number of fused-ring (bicyclic) bond motifs is 1. The van der Waals surface area contributed by atoms with Crippen LogP contribution in [0.25, 0.3) is 0 Å². The number of nitrogens with zero attached hydrogens (tertiary/aromatic N) is 3. The summed E-state index contributed by atoms with van der Waals surface area (Å²) < 4.78 is 6.41. The number of piperidine rings is 1. The molecule has 1 aromatic heterocycles. The molecule has 1 aromatic carbocycles. The molecule has 1 saturated heterocycles. The molecule has 5 heteroatoms. The fourth-order valence-electron chi connectivity index (χ4n) is 3.78. The molecule has 1 fully saturated rings. The molecule has 2 aromatic rings. The largest absolute Gasteiger partial charge is 0.486 e. The van der Waals surface area contributed by atoms with E-state index >= 15 is 0 Å². The van der Waals surface area contributed by atoms with E-state index in [1.165, 1.54) is 0 Å². The molecule has 0 atom stereocenters. The molecule has 24 heavy (non-hydrogen) atoms. The van der Waals surface area contributed by atoms with Crippen LogP contribution in [-0.2, 0) is 0 Å². The van der Waals surface area contributed by atoms with Crippen LogP contribution in [0, 0.1) is 13.8 Å². The number of hydrogen-bond acceptors (Lipinski definition) is 5. The average Bonchev–Trinajstić information content (AvgIpc) is 2.58. The Hall–Kier alpha value is -2.43. The number of Topliss-reactive ketones (excluding diaryl/α,β-unsaturated/α-hetero) is 1. The molecule has 0 amide bonds. The van der Waals surface area contributed by atoms with Crippen molar-refractivity contribution in [3.63, 3.8) is 0 Å². The van der Waals surface area contributed by atoms with Gasteiger partial charge in [-0.25, -0.2) is 9.97 Å². The van der Waals surface area contributed by atoms with Gasteiger partial charge in [-0.3, -0.25) is 4.79 Å². The lowest BCUT2D eigenvalue weighted by Crippen LogP contribution is -2.51. The van der Waals surface area contributed by atoms with E-state index in [1.54, 1.807) is 12.4 Å². The third-order valence-electron chi connectivity index (χ3n) is 5.03. The lowest BCUT2D eigenvalue weighted by atomic mass is 9.81. The molecule has 2 aliphatic heterocycles. The Labute approximate surface area is 141 Å². The standard InChI is InChI=1S/C19H21N3O2/c1-13-10-14(2)17-15(11-13)16(23)12-19(24-17)4-8-22(9-5-19)18-20-6-3-7-21-18/h3,6-7,10-11H,4-5,8-9,12H2,1-2H3. The van der Waals surface area contributed by atoms with Gasteiger partial charge in [-0.05, 0) is 37.1 Å². The molecule has 1 spiro atoms. The first-order valence-electron chi connectivity index (χ1n) is 8.42. The molecule has 124 valence electrons. The van der Waals surface area contributed by atoms with E-state index < -0.39 is 0 Å². The molecule has 0 bridgehead atoms. The zero-order chi connectivity index (χ0) is 16.7. The summed E-state index contributed by atoms with van der Waals surface area (Å²) in [7, 11) is 0. The number of carbonyl (C=O) groups excluding carboxylic acids is 1. The Morgan fingerprint density at radius 2 is 1.83 bits per heavy atom. The van der Waals surface area contributed by atoms with Crippen LogP contribution in [0.2, 0.25) is 0 Å². The van der Waals surface area contributed by atoms with Gasteiger partial charge >= 0.3 is 0 Å². The number of hydrogen-bond donors (Lipinski definition) is 0. The summed E-state index contributed by atoms with van der Waals surface area (Å²) in [5.41, 5.74) is 2.52. The summed E-state index contributed by atoms with van der Waals surface area (Å²) in [4.78, 5) is 23.5. The first-order valence-corrected chi connectivity index (χ1v) is 8.42. The Morgan fingerprint density at radius 3 is 2.54 bits per heavy atom. The number of aromatic nitrogens is 2. The highest BCUT2D eigenvalue weighted by atomic mass is 16.5. The molecule has 0 N–H and O–H groups in total. The van der Waals surface area contributed by atoms with Crippen molar-refractivity contribution in [2.45, 2.75) is 38.7 Å².